The van der Waals surface area contributed by atoms with Crippen LogP contribution in [-0.4, -0.2) is 21.1 Å². The molecule has 3 N–H and O–H groups in total. The Hall–Kier alpha value is -2.70. The maximum absolute atomic E-state index is 12.0. The van der Waals surface area contributed by atoms with Crippen molar-refractivity contribution in [3.05, 3.63) is 65.5 Å². The van der Waals surface area contributed by atoms with Gasteiger partial charge in [-0.2, -0.15) is 0 Å². The molecule has 1 heterocycles. The molecule has 0 saturated heterocycles. The van der Waals surface area contributed by atoms with Gasteiger partial charge in [0.15, 0.2) is 5.13 Å². The van der Waals surface area contributed by atoms with Gasteiger partial charge in [-0.3, -0.25) is 4.79 Å². The van der Waals surface area contributed by atoms with E-state index in [1.807, 2.05) is 23.6 Å². The molecule has 0 saturated carbocycles. The number of carbonyl (C=O) groups excluding carboxylic acids is 1. The molecule has 1 atom stereocenters. The van der Waals surface area contributed by atoms with Crippen LogP contribution in [-0.2, 0) is 4.79 Å². The molecule has 6 heteroatoms. The smallest absolute Gasteiger partial charge is 0.229 e. The Morgan fingerprint density at radius 3 is 2.54 bits per heavy atom. The lowest BCUT2D eigenvalue weighted by Gasteiger charge is -2.09. The molecule has 0 bridgehead atoms. The number of phenols is 1. The minimum atomic E-state index is -0.845. The minimum absolute atomic E-state index is 0.0296. The summed E-state index contributed by atoms with van der Waals surface area (Å²) in [5.41, 5.74) is 2.28. The molecule has 0 radical (unpaired) electrons. The van der Waals surface area contributed by atoms with E-state index in [2.05, 4.69) is 10.3 Å². The Balaban J connectivity index is 1.62. The molecule has 122 valence electrons. The fourth-order valence-corrected chi connectivity index (χ4v) is 2.97. The van der Waals surface area contributed by atoms with Crippen molar-refractivity contribution in [2.24, 2.45) is 0 Å². The third-order valence-electron chi connectivity index (χ3n) is 3.48. The van der Waals surface area contributed by atoms with E-state index >= 15 is 0 Å². The lowest BCUT2D eigenvalue weighted by Crippen LogP contribution is -2.15. The lowest BCUT2D eigenvalue weighted by atomic mass is 10.1. The summed E-state index contributed by atoms with van der Waals surface area (Å²) in [6.45, 7) is 0. The molecule has 5 nitrogen and oxygen atoms in total. The average Bonchev–Trinajstić information content (AvgIpc) is 3.04. The molecule has 0 spiro atoms. The molecule has 0 aliphatic rings. The molecule has 2 aromatic carbocycles. The molecule has 0 aliphatic heterocycles. The summed E-state index contributed by atoms with van der Waals surface area (Å²) >= 11 is 1.31. The van der Waals surface area contributed by atoms with Gasteiger partial charge < -0.3 is 15.5 Å². The number of rotatable bonds is 5. The fraction of sp³-hybridized carbons (Fsp3) is 0.111. The first-order chi connectivity index (χ1) is 11.6. The van der Waals surface area contributed by atoms with Gasteiger partial charge >= 0.3 is 0 Å². The van der Waals surface area contributed by atoms with E-state index in [1.165, 1.54) is 11.3 Å². The summed E-state index contributed by atoms with van der Waals surface area (Å²) in [4.78, 5) is 16.4. The first kappa shape index (κ1) is 16.2. The van der Waals surface area contributed by atoms with Gasteiger partial charge in [0, 0.05) is 10.9 Å². The number of nitrogens with one attached hydrogen (secondary N) is 1. The van der Waals surface area contributed by atoms with Gasteiger partial charge in [0.2, 0.25) is 5.91 Å². The number of hydrogen-bond donors (Lipinski definition) is 3. The molecular weight excluding hydrogens is 324 g/mol. The first-order valence-corrected chi connectivity index (χ1v) is 8.27. The summed E-state index contributed by atoms with van der Waals surface area (Å²) in [6.07, 6.45) is -0.874. The van der Waals surface area contributed by atoms with E-state index in [0.717, 1.165) is 11.3 Å². The van der Waals surface area contributed by atoms with Crippen LogP contribution in [0.4, 0.5) is 5.13 Å². The number of aliphatic hydroxyl groups excluding tert-OH is 1. The number of carbonyl (C=O) groups is 1. The number of aliphatic hydroxyl groups is 1. The molecule has 1 unspecified atom stereocenters. The number of hydrogen-bond acceptors (Lipinski definition) is 5. The van der Waals surface area contributed by atoms with Crippen LogP contribution in [0.15, 0.2) is 60.0 Å². The van der Waals surface area contributed by atoms with E-state index in [4.69, 9.17) is 0 Å². The molecule has 1 aromatic heterocycles. The highest BCUT2D eigenvalue weighted by Gasteiger charge is 2.14. The van der Waals surface area contributed by atoms with E-state index in [-0.39, 0.29) is 18.1 Å². The van der Waals surface area contributed by atoms with Crippen molar-refractivity contribution in [3.63, 3.8) is 0 Å². The third kappa shape index (κ3) is 3.98. The largest absolute Gasteiger partial charge is 0.508 e. The zero-order valence-corrected chi connectivity index (χ0v) is 13.5. The van der Waals surface area contributed by atoms with Crippen molar-refractivity contribution in [1.82, 2.24) is 4.98 Å². The maximum atomic E-state index is 12.0. The molecule has 1 amide bonds. The highest BCUT2D eigenvalue weighted by Crippen LogP contribution is 2.26. The standard InChI is InChI=1S/C18H16N2O3S/c21-14-8-6-12(7-9-14)15-11-24-18(19-15)20-17(23)10-16(22)13-4-2-1-3-5-13/h1-9,11,16,21-22H,10H2,(H,19,20,23). The Morgan fingerprint density at radius 2 is 1.83 bits per heavy atom. The Bertz CT molecular complexity index is 816. The van der Waals surface area contributed by atoms with Crippen LogP contribution >= 0.6 is 11.3 Å². The van der Waals surface area contributed by atoms with E-state index in [9.17, 15) is 15.0 Å². The summed E-state index contributed by atoms with van der Waals surface area (Å²) in [6, 6.07) is 15.8. The second kappa shape index (κ2) is 7.25. The first-order valence-electron chi connectivity index (χ1n) is 7.39. The predicted molar refractivity (Wildman–Crippen MR) is 93.9 cm³/mol. The zero-order chi connectivity index (χ0) is 16.9. The molecule has 3 aromatic rings. The SMILES string of the molecule is O=C(CC(O)c1ccccc1)Nc1nc(-c2ccc(O)cc2)cs1. The third-order valence-corrected chi connectivity index (χ3v) is 4.23. The van der Waals surface area contributed by atoms with Gasteiger partial charge in [-0.25, -0.2) is 4.98 Å². The number of amides is 1. The van der Waals surface area contributed by atoms with Crippen molar-refractivity contribution >= 4 is 22.4 Å². The Morgan fingerprint density at radius 1 is 1.12 bits per heavy atom. The number of aromatic hydroxyl groups is 1. The number of anilines is 1. The maximum Gasteiger partial charge on any atom is 0.229 e. The van der Waals surface area contributed by atoms with Gasteiger partial charge in [-0.05, 0) is 29.8 Å². The predicted octanol–water partition coefficient (Wildman–Crippen LogP) is 3.58. The number of thiazole rings is 1. The van der Waals surface area contributed by atoms with Gasteiger partial charge in [0.05, 0.1) is 18.2 Å². The van der Waals surface area contributed by atoms with Gasteiger partial charge in [0.25, 0.3) is 0 Å². The summed E-state index contributed by atoms with van der Waals surface area (Å²) in [7, 11) is 0. The summed E-state index contributed by atoms with van der Waals surface area (Å²) in [5.74, 6) is -0.102. The summed E-state index contributed by atoms with van der Waals surface area (Å²) in [5, 5.41) is 24.4. The van der Waals surface area contributed by atoms with Crippen LogP contribution in [0.1, 0.15) is 18.1 Å². The van der Waals surface area contributed by atoms with Crippen LogP contribution < -0.4 is 5.32 Å². The zero-order valence-electron chi connectivity index (χ0n) is 12.7. The average molecular weight is 340 g/mol. The van der Waals surface area contributed by atoms with Crippen LogP contribution in [0.3, 0.4) is 0 Å². The van der Waals surface area contributed by atoms with Crippen molar-refractivity contribution in [3.8, 4) is 17.0 Å². The van der Waals surface area contributed by atoms with E-state index in [0.29, 0.717) is 10.7 Å². The van der Waals surface area contributed by atoms with Gasteiger partial charge in [0.1, 0.15) is 5.75 Å². The monoisotopic (exact) mass is 340 g/mol. The van der Waals surface area contributed by atoms with Gasteiger partial charge in [-0.15, -0.1) is 11.3 Å². The molecule has 0 fully saturated rings. The molecule has 24 heavy (non-hydrogen) atoms. The Labute approximate surface area is 143 Å². The van der Waals surface area contributed by atoms with Crippen LogP contribution in [0.5, 0.6) is 5.75 Å². The van der Waals surface area contributed by atoms with Crippen molar-refractivity contribution < 1.29 is 15.0 Å². The second-order valence-electron chi connectivity index (χ2n) is 5.26. The molecular formula is C18H16N2O3S. The topological polar surface area (TPSA) is 82.5 Å². The number of aromatic nitrogens is 1. The van der Waals surface area contributed by atoms with Crippen molar-refractivity contribution in [2.45, 2.75) is 12.5 Å². The fourth-order valence-electron chi connectivity index (χ4n) is 2.23. The minimum Gasteiger partial charge on any atom is -0.508 e. The number of phenolic OH excluding ortho intramolecular Hbond substituents is 1. The number of nitrogens with zero attached hydrogens (tertiary/aromatic N) is 1. The van der Waals surface area contributed by atoms with Crippen molar-refractivity contribution in [1.29, 1.82) is 0 Å². The molecule has 0 aliphatic carbocycles. The lowest BCUT2D eigenvalue weighted by molar-refractivity contribution is -0.118. The van der Waals surface area contributed by atoms with Crippen LogP contribution in [0.25, 0.3) is 11.3 Å². The quantitative estimate of drug-likeness (QED) is 0.663. The number of benzene rings is 2. The van der Waals surface area contributed by atoms with Crippen LogP contribution in [0, 0.1) is 0 Å². The Kier molecular flexibility index (Phi) is 4.88. The second-order valence-corrected chi connectivity index (χ2v) is 6.12. The van der Waals surface area contributed by atoms with E-state index in [1.54, 1.807) is 36.4 Å². The normalized spacial score (nSPS) is 11.9. The van der Waals surface area contributed by atoms with Crippen LogP contribution in [0.2, 0.25) is 0 Å². The highest BCUT2D eigenvalue weighted by atomic mass is 32.1. The van der Waals surface area contributed by atoms with E-state index < -0.39 is 6.10 Å². The highest BCUT2D eigenvalue weighted by molar-refractivity contribution is 7.14. The van der Waals surface area contributed by atoms with Gasteiger partial charge in [-0.1, -0.05) is 30.3 Å². The summed E-state index contributed by atoms with van der Waals surface area (Å²) < 4.78 is 0. The van der Waals surface area contributed by atoms with Crippen molar-refractivity contribution in [2.75, 3.05) is 5.32 Å². The molecule has 3 rings (SSSR count).